The number of cyclic esters (lactones) is 1. The fourth-order valence-electron chi connectivity index (χ4n) is 5.35. The second kappa shape index (κ2) is 6.46. The average Bonchev–Trinajstić information content (AvgIpc) is 3.14. The minimum Gasteiger partial charge on any atom is -0.458 e. The first kappa shape index (κ1) is 19.1. The van der Waals surface area contributed by atoms with Gasteiger partial charge < -0.3 is 19.7 Å². The minimum atomic E-state index is -1.55. The van der Waals surface area contributed by atoms with Gasteiger partial charge in [0.2, 0.25) is 6.41 Å². The number of amides is 1. The lowest BCUT2D eigenvalue weighted by Crippen LogP contribution is -2.32. The highest BCUT2D eigenvalue weighted by molar-refractivity contribution is 5.93. The highest BCUT2D eigenvalue weighted by Gasteiger charge is 2.37. The second-order valence-electron chi connectivity index (χ2n) is 8.45. The van der Waals surface area contributed by atoms with Gasteiger partial charge in [-0.15, -0.1) is 0 Å². The standard InChI is InChI=1S/C23H18FN3O5/c1-9-10-2-3-15(25-8-28)19-12-6-27-17(20(12)26-16(18(10)19)5-14(9)24)4-11-13(22(27)30)7-32-23(31)21(11)29/h4-5,8,15,21,29H,2-3,6-7H2,1H3,(H,25,28). The van der Waals surface area contributed by atoms with E-state index in [9.17, 15) is 23.9 Å². The van der Waals surface area contributed by atoms with Crippen molar-refractivity contribution in [3.63, 3.8) is 0 Å². The van der Waals surface area contributed by atoms with E-state index in [1.807, 2.05) is 0 Å². The minimum absolute atomic E-state index is 0.202. The number of aromatic nitrogens is 2. The normalized spacial score (nSPS) is 20.4. The summed E-state index contributed by atoms with van der Waals surface area (Å²) in [4.78, 5) is 41.1. The van der Waals surface area contributed by atoms with E-state index in [2.05, 4.69) is 5.32 Å². The Morgan fingerprint density at radius 3 is 2.88 bits per heavy atom. The van der Waals surface area contributed by atoms with Gasteiger partial charge in [-0.05, 0) is 42.5 Å². The summed E-state index contributed by atoms with van der Waals surface area (Å²) in [5.74, 6) is -1.16. The number of rotatable bonds is 2. The van der Waals surface area contributed by atoms with Gasteiger partial charge >= 0.3 is 5.97 Å². The van der Waals surface area contributed by atoms with Crippen LogP contribution in [0.5, 0.6) is 0 Å². The van der Waals surface area contributed by atoms with Crippen molar-refractivity contribution in [2.45, 2.75) is 45.1 Å². The first-order valence-corrected chi connectivity index (χ1v) is 10.4. The highest BCUT2D eigenvalue weighted by atomic mass is 19.1. The van der Waals surface area contributed by atoms with Gasteiger partial charge in [0.25, 0.3) is 5.56 Å². The second-order valence-corrected chi connectivity index (χ2v) is 8.45. The zero-order valence-electron chi connectivity index (χ0n) is 17.1. The van der Waals surface area contributed by atoms with Crippen molar-refractivity contribution in [1.29, 1.82) is 0 Å². The van der Waals surface area contributed by atoms with Gasteiger partial charge in [0.15, 0.2) is 6.10 Å². The molecule has 2 N–H and O–H groups in total. The Balaban J connectivity index is 1.69. The van der Waals surface area contributed by atoms with Crippen LogP contribution in [-0.4, -0.2) is 27.0 Å². The molecule has 6 rings (SSSR count). The summed E-state index contributed by atoms with van der Waals surface area (Å²) < 4.78 is 21.1. The van der Waals surface area contributed by atoms with Crippen LogP contribution >= 0.6 is 0 Å². The Kier molecular flexibility index (Phi) is 3.86. The van der Waals surface area contributed by atoms with E-state index in [4.69, 9.17) is 9.72 Å². The van der Waals surface area contributed by atoms with E-state index in [0.29, 0.717) is 41.7 Å². The number of halogens is 1. The molecule has 1 aromatic carbocycles. The number of pyridine rings is 2. The first-order chi connectivity index (χ1) is 15.4. The third kappa shape index (κ3) is 2.34. The van der Waals surface area contributed by atoms with Crippen LogP contribution in [0.4, 0.5) is 4.39 Å². The Labute approximate surface area is 180 Å². The Morgan fingerprint density at radius 1 is 1.28 bits per heavy atom. The van der Waals surface area contributed by atoms with E-state index in [1.165, 1.54) is 10.6 Å². The predicted molar refractivity (Wildman–Crippen MR) is 110 cm³/mol. The number of aliphatic hydroxyl groups excluding tert-OH is 1. The summed E-state index contributed by atoms with van der Waals surface area (Å²) in [5, 5.41) is 14.0. The molecule has 0 spiro atoms. The van der Waals surface area contributed by atoms with E-state index >= 15 is 0 Å². The van der Waals surface area contributed by atoms with E-state index in [-0.39, 0.29) is 41.7 Å². The van der Waals surface area contributed by atoms with Crippen molar-refractivity contribution in [1.82, 2.24) is 14.9 Å². The predicted octanol–water partition coefficient (Wildman–Crippen LogP) is 1.70. The van der Waals surface area contributed by atoms with Crippen LogP contribution in [0.1, 0.15) is 51.9 Å². The van der Waals surface area contributed by atoms with Gasteiger partial charge in [-0.1, -0.05) is 0 Å². The van der Waals surface area contributed by atoms with Gasteiger partial charge in [-0.25, -0.2) is 14.2 Å². The molecule has 32 heavy (non-hydrogen) atoms. The lowest BCUT2D eigenvalue weighted by Gasteiger charge is -2.28. The van der Waals surface area contributed by atoms with Crippen molar-refractivity contribution in [3.05, 3.63) is 61.7 Å². The number of nitrogens with one attached hydrogen (secondary N) is 1. The summed E-state index contributed by atoms with van der Waals surface area (Å²) in [6.07, 6.45) is 0.309. The molecule has 162 valence electrons. The fourth-order valence-corrected chi connectivity index (χ4v) is 5.35. The number of hydrogen-bond acceptors (Lipinski definition) is 6. The van der Waals surface area contributed by atoms with Crippen LogP contribution in [0.2, 0.25) is 0 Å². The van der Waals surface area contributed by atoms with Gasteiger partial charge in [0.05, 0.1) is 35.1 Å². The van der Waals surface area contributed by atoms with Crippen molar-refractivity contribution in [2.75, 3.05) is 0 Å². The summed E-state index contributed by atoms with van der Waals surface area (Å²) in [5.41, 5.74) is 4.53. The molecule has 2 aromatic heterocycles. The Bertz CT molecular complexity index is 1440. The van der Waals surface area contributed by atoms with E-state index in [1.54, 1.807) is 13.0 Å². The van der Waals surface area contributed by atoms with Crippen LogP contribution in [0.3, 0.4) is 0 Å². The smallest absolute Gasteiger partial charge is 0.340 e. The maximum Gasteiger partial charge on any atom is 0.340 e. The van der Waals surface area contributed by atoms with Crippen LogP contribution in [-0.2, 0) is 33.9 Å². The van der Waals surface area contributed by atoms with Gasteiger partial charge in [-0.3, -0.25) is 9.59 Å². The molecule has 0 saturated heterocycles. The summed E-state index contributed by atoms with van der Waals surface area (Å²) in [6, 6.07) is 2.68. The molecule has 1 amide bonds. The largest absolute Gasteiger partial charge is 0.458 e. The van der Waals surface area contributed by atoms with E-state index in [0.717, 1.165) is 22.1 Å². The Morgan fingerprint density at radius 2 is 2.09 bits per heavy atom. The molecule has 1 aliphatic carbocycles. The molecule has 3 aliphatic rings. The SMILES string of the molecule is Cc1c(F)cc2nc3c(c4c2c1CCC4NC=O)Cn1c-3cc2c(c1=O)COC(=O)C2O. The first-order valence-electron chi connectivity index (χ1n) is 10.4. The number of benzene rings is 1. The number of carbonyl (C=O) groups is 2. The number of nitrogens with zero attached hydrogens (tertiary/aromatic N) is 2. The van der Waals surface area contributed by atoms with Crippen LogP contribution in [0.15, 0.2) is 16.9 Å². The van der Waals surface area contributed by atoms with Crippen LogP contribution in [0.25, 0.3) is 22.3 Å². The monoisotopic (exact) mass is 435 g/mol. The molecule has 2 atom stereocenters. The molecular formula is C23H18FN3O5. The lowest BCUT2D eigenvalue weighted by molar-refractivity contribution is -0.157. The number of esters is 1. The quantitative estimate of drug-likeness (QED) is 0.366. The number of aliphatic hydroxyl groups is 1. The third-order valence-corrected chi connectivity index (χ3v) is 6.92. The molecular weight excluding hydrogens is 417 g/mol. The topological polar surface area (TPSA) is 111 Å². The molecule has 4 heterocycles. The van der Waals surface area contributed by atoms with E-state index < -0.39 is 12.1 Å². The number of ether oxygens (including phenoxy) is 1. The molecule has 0 radical (unpaired) electrons. The summed E-state index contributed by atoms with van der Waals surface area (Å²) in [6.45, 7) is 1.76. The maximum absolute atomic E-state index is 14.7. The molecule has 9 heteroatoms. The number of fused-ring (bicyclic) bond motifs is 5. The number of carbonyl (C=O) groups excluding carboxylic acids is 2. The third-order valence-electron chi connectivity index (χ3n) is 6.92. The average molecular weight is 435 g/mol. The molecule has 0 bridgehead atoms. The highest BCUT2D eigenvalue weighted by Crippen LogP contribution is 2.45. The zero-order valence-corrected chi connectivity index (χ0v) is 17.1. The van der Waals surface area contributed by atoms with Gasteiger partial charge in [0.1, 0.15) is 12.4 Å². The lowest BCUT2D eigenvalue weighted by atomic mass is 9.82. The molecule has 8 nitrogen and oxygen atoms in total. The van der Waals surface area contributed by atoms with Crippen molar-refractivity contribution >= 4 is 23.3 Å². The molecule has 3 aromatic rings. The fraction of sp³-hybridized carbons (Fsp3) is 0.304. The van der Waals surface area contributed by atoms with Crippen LogP contribution < -0.4 is 10.9 Å². The number of aryl methyl sites for hydroxylation is 1. The molecule has 2 aliphatic heterocycles. The summed E-state index contributed by atoms with van der Waals surface area (Å²) >= 11 is 0. The van der Waals surface area contributed by atoms with Crippen molar-refractivity contribution in [3.8, 4) is 11.4 Å². The Hall–Kier alpha value is -3.59. The van der Waals surface area contributed by atoms with Gasteiger partial charge in [-0.2, -0.15) is 0 Å². The molecule has 2 unspecified atom stereocenters. The van der Waals surface area contributed by atoms with Crippen LogP contribution in [0, 0.1) is 12.7 Å². The van der Waals surface area contributed by atoms with Gasteiger partial charge in [0, 0.05) is 22.6 Å². The van der Waals surface area contributed by atoms with Crippen molar-refractivity contribution in [2.24, 2.45) is 0 Å². The number of hydrogen-bond donors (Lipinski definition) is 2. The maximum atomic E-state index is 14.7. The zero-order chi connectivity index (χ0) is 22.3. The summed E-state index contributed by atoms with van der Waals surface area (Å²) in [7, 11) is 0. The van der Waals surface area contributed by atoms with Crippen molar-refractivity contribution < 1.29 is 23.8 Å². The molecule has 0 saturated carbocycles. The molecule has 0 fully saturated rings.